The minimum atomic E-state index is 0.133. The van der Waals surface area contributed by atoms with Crippen LogP contribution in [0, 0.1) is 0 Å². The SMILES string of the molecule is CCCCCc1cc(O)c([C@@H]2C=C(C)CCC2)c(OC=O)c1. The third-order valence-electron chi connectivity index (χ3n) is 4.37. The van der Waals surface area contributed by atoms with E-state index < -0.39 is 0 Å². The Morgan fingerprint density at radius 2 is 2.18 bits per heavy atom. The molecule has 1 atom stereocenters. The van der Waals surface area contributed by atoms with Gasteiger partial charge in [-0.15, -0.1) is 0 Å². The molecule has 22 heavy (non-hydrogen) atoms. The lowest BCUT2D eigenvalue weighted by molar-refractivity contribution is -0.120. The first kappa shape index (κ1) is 16.6. The molecule has 120 valence electrons. The van der Waals surface area contributed by atoms with Crippen LogP contribution in [0.4, 0.5) is 0 Å². The molecule has 1 N–H and O–H groups in total. The Kier molecular flexibility index (Phi) is 6.05. The van der Waals surface area contributed by atoms with Crippen LogP contribution in [0.3, 0.4) is 0 Å². The summed E-state index contributed by atoms with van der Waals surface area (Å²) in [6, 6.07) is 3.75. The highest BCUT2D eigenvalue weighted by Crippen LogP contribution is 2.42. The number of benzene rings is 1. The molecule has 0 heterocycles. The zero-order valence-electron chi connectivity index (χ0n) is 13.6. The van der Waals surface area contributed by atoms with Crippen LogP contribution in [0.1, 0.15) is 69.4 Å². The molecule has 0 aromatic heterocycles. The Morgan fingerprint density at radius 1 is 1.36 bits per heavy atom. The number of aryl methyl sites for hydroxylation is 1. The van der Waals surface area contributed by atoms with E-state index in [4.69, 9.17) is 4.74 Å². The van der Waals surface area contributed by atoms with E-state index in [2.05, 4.69) is 19.9 Å². The molecule has 3 nitrogen and oxygen atoms in total. The Morgan fingerprint density at radius 3 is 2.86 bits per heavy atom. The lowest BCUT2D eigenvalue weighted by Gasteiger charge is -2.23. The molecule has 3 heteroatoms. The molecule has 1 aliphatic carbocycles. The molecule has 0 saturated heterocycles. The first-order valence-electron chi connectivity index (χ1n) is 8.29. The van der Waals surface area contributed by atoms with Crippen molar-refractivity contribution in [2.45, 2.75) is 64.7 Å². The number of rotatable bonds is 7. The molecule has 0 aliphatic heterocycles. The highest BCUT2D eigenvalue weighted by molar-refractivity contribution is 5.56. The Hall–Kier alpha value is -1.77. The van der Waals surface area contributed by atoms with Crippen LogP contribution in [0.25, 0.3) is 0 Å². The van der Waals surface area contributed by atoms with Gasteiger partial charge in [-0.1, -0.05) is 31.4 Å². The zero-order chi connectivity index (χ0) is 15.9. The summed E-state index contributed by atoms with van der Waals surface area (Å²) in [5.41, 5.74) is 3.12. The van der Waals surface area contributed by atoms with Gasteiger partial charge >= 0.3 is 0 Å². The monoisotopic (exact) mass is 302 g/mol. The molecule has 0 bridgehead atoms. The van der Waals surface area contributed by atoms with Crippen molar-refractivity contribution in [1.29, 1.82) is 0 Å². The quantitative estimate of drug-likeness (QED) is 0.444. The topological polar surface area (TPSA) is 46.5 Å². The summed E-state index contributed by atoms with van der Waals surface area (Å²) in [7, 11) is 0. The van der Waals surface area contributed by atoms with E-state index in [1.807, 2.05) is 12.1 Å². The number of ether oxygens (including phenoxy) is 1. The number of unbranched alkanes of at least 4 members (excludes halogenated alkanes) is 2. The molecule has 0 fully saturated rings. The third-order valence-corrected chi connectivity index (χ3v) is 4.37. The van der Waals surface area contributed by atoms with Crippen molar-refractivity contribution in [3.8, 4) is 11.5 Å². The summed E-state index contributed by atoms with van der Waals surface area (Å²) in [5.74, 6) is 0.896. The van der Waals surface area contributed by atoms with Gasteiger partial charge in [0, 0.05) is 11.5 Å². The van der Waals surface area contributed by atoms with Gasteiger partial charge < -0.3 is 9.84 Å². The molecule has 2 rings (SSSR count). The number of hydrogen-bond acceptors (Lipinski definition) is 3. The van der Waals surface area contributed by atoms with E-state index in [9.17, 15) is 9.90 Å². The van der Waals surface area contributed by atoms with Gasteiger partial charge in [-0.3, -0.25) is 4.79 Å². The van der Waals surface area contributed by atoms with E-state index in [0.717, 1.165) is 56.1 Å². The Bertz CT molecular complexity index is 546. The summed E-state index contributed by atoms with van der Waals surface area (Å²) in [5, 5.41) is 10.5. The molecule has 0 amide bonds. The van der Waals surface area contributed by atoms with Gasteiger partial charge in [0.15, 0.2) is 0 Å². The summed E-state index contributed by atoms with van der Waals surface area (Å²) >= 11 is 0. The fourth-order valence-electron chi connectivity index (χ4n) is 3.25. The van der Waals surface area contributed by atoms with Crippen LogP contribution < -0.4 is 4.74 Å². The first-order valence-corrected chi connectivity index (χ1v) is 8.29. The number of carbonyl (C=O) groups is 1. The maximum absolute atomic E-state index is 10.8. The second kappa shape index (κ2) is 8.02. The van der Waals surface area contributed by atoms with Crippen molar-refractivity contribution < 1.29 is 14.6 Å². The second-order valence-electron chi connectivity index (χ2n) is 6.21. The largest absolute Gasteiger partial charge is 0.507 e. The van der Waals surface area contributed by atoms with Crippen LogP contribution in [-0.4, -0.2) is 11.6 Å². The predicted octanol–water partition coefficient (Wildman–Crippen LogP) is 4.87. The van der Waals surface area contributed by atoms with Crippen LogP contribution in [0.2, 0.25) is 0 Å². The third kappa shape index (κ3) is 4.12. The summed E-state index contributed by atoms with van der Waals surface area (Å²) < 4.78 is 5.18. The van der Waals surface area contributed by atoms with Crippen molar-refractivity contribution in [1.82, 2.24) is 0 Å². The van der Waals surface area contributed by atoms with E-state index in [1.54, 1.807) is 0 Å². The van der Waals surface area contributed by atoms with Crippen molar-refractivity contribution >= 4 is 6.47 Å². The highest BCUT2D eigenvalue weighted by atomic mass is 16.5. The summed E-state index contributed by atoms with van der Waals surface area (Å²) in [6.45, 7) is 4.73. The molecule has 1 aliphatic rings. The number of allylic oxidation sites excluding steroid dienone is 2. The van der Waals surface area contributed by atoms with E-state index in [1.165, 1.54) is 5.57 Å². The van der Waals surface area contributed by atoms with Crippen molar-refractivity contribution in [3.63, 3.8) is 0 Å². The maximum Gasteiger partial charge on any atom is 0.298 e. The number of phenolic OH excluding ortho intramolecular Hbond substituents is 1. The maximum atomic E-state index is 10.8. The molecule has 0 saturated carbocycles. The van der Waals surface area contributed by atoms with Gasteiger partial charge in [-0.05, 0) is 56.7 Å². The predicted molar refractivity (Wildman–Crippen MR) is 88.4 cm³/mol. The van der Waals surface area contributed by atoms with Crippen molar-refractivity contribution in [2.75, 3.05) is 0 Å². The van der Waals surface area contributed by atoms with Gasteiger partial charge in [0.25, 0.3) is 6.47 Å². The fraction of sp³-hybridized carbons (Fsp3) is 0.526. The molecule has 0 radical (unpaired) electrons. The molecule has 1 aromatic rings. The van der Waals surface area contributed by atoms with E-state index in [-0.39, 0.29) is 11.7 Å². The smallest absolute Gasteiger partial charge is 0.298 e. The number of carbonyl (C=O) groups excluding carboxylic acids is 1. The molecular weight excluding hydrogens is 276 g/mol. The van der Waals surface area contributed by atoms with Gasteiger partial charge in [0.05, 0.1) is 0 Å². The van der Waals surface area contributed by atoms with E-state index in [0.29, 0.717) is 12.2 Å². The highest BCUT2D eigenvalue weighted by Gasteiger charge is 2.22. The van der Waals surface area contributed by atoms with Crippen molar-refractivity contribution in [3.05, 3.63) is 34.9 Å². The van der Waals surface area contributed by atoms with Gasteiger partial charge in [-0.25, -0.2) is 0 Å². The van der Waals surface area contributed by atoms with Gasteiger partial charge in [-0.2, -0.15) is 0 Å². The number of aromatic hydroxyl groups is 1. The van der Waals surface area contributed by atoms with E-state index >= 15 is 0 Å². The molecule has 0 spiro atoms. The molecule has 1 aromatic carbocycles. The average Bonchev–Trinajstić information content (AvgIpc) is 2.47. The number of phenols is 1. The Balaban J connectivity index is 2.31. The number of hydrogen-bond donors (Lipinski definition) is 1. The second-order valence-corrected chi connectivity index (χ2v) is 6.21. The van der Waals surface area contributed by atoms with Crippen molar-refractivity contribution in [2.24, 2.45) is 0 Å². The minimum absolute atomic E-state index is 0.133. The minimum Gasteiger partial charge on any atom is -0.507 e. The fourth-order valence-corrected chi connectivity index (χ4v) is 3.25. The molecule has 0 unspecified atom stereocenters. The van der Waals surface area contributed by atoms with Crippen LogP contribution >= 0.6 is 0 Å². The van der Waals surface area contributed by atoms with Crippen LogP contribution in [0.5, 0.6) is 11.5 Å². The summed E-state index contributed by atoms with van der Waals surface area (Å²) in [4.78, 5) is 10.8. The lowest BCUT2D eigenvalue weighted by Crippen LogP contribution is -2.06. The normalized spacial score (nSPS) is 17.9. The lowest BCUT2D eigenvalue weighted by atomic mass is 9.84. The van der Waals surface area contributed by atoms with Gasteiger partial charge in [0.1, 0.15) is 11.5 Å². The van der Waals surface area contributed by atoms with Crippen LogP contribution in [0.15, 0.2) is 23.8 Å². The Labute approximate surface area is 133 Å². The molecular formula is C19H26O3. The van der Waals surface area contributed by atoms with Gasteiger partial charge in [0.2, 0.25) is 0 Å². The zero-order valence-corrected chi connectivity index (χ0v) is 13.6. The van der Waals surface area contributed by atoms with Crippen LogP contribution in [-0.2, 0) is 11.2 Å². The first-order chi connectivity index (χ1) is 10.7. The summed E-state index contributed by atoms with van der Waals surface area (Å²) in [6.07, 6.45) is 9.68. The standard InChI is InChI=1S/C19H26O3/c1-3-4-5-8-15-11-17(21)19(18(12-15)22-13-20)16-9-6-7-14(2)10-16/h10-13,16,21H,3-9H2,1-2H3/t16-/m0/s1. The average molecular weight is 302 g/mol.